The Labute approximate surface area is 91.6 Å². The maximum atomic E-state index is 10.0. The molecule has 0 amide bonds. The van der Waals surface area contributed by atoms with E-state index in [1.165, 1.54) is 0 Å². The third kappa shape index (κ3) is 3.89. The smallest absolute Gasteiger partial charge is 0.130 e. The third-order valence-corrected chi connectivity index (χ3v) is 2.43. The van der Waals surface area contributed by atoms with Crippen LogP contribution in [0.25, 0.3) is 0 Å². The molecule has 2 heterocycles. The Bertz CT molecular complexity index is 189. The first-order valence-electron chi connectivity index (χ1n) is 4.76. The van der Waals surface area contributed by atoms with Crippen molar-refractivity contribution in [3.63, 3.8) is 0 Å². The Morgan fingerprint density at radius 1 is 1.20 bits per heavy atom. The van der Waals surface area contributed by atoms with Crippen molar-refractivity contribution >= 4 is 6.29 Å². The van der Waals surface area contributed by atoms with Gasteiger partial charge in [0.15, 0.2) is 0 Å². The van der Waals surface area contributed by atoms with Crippen LogP contribution in [0.15, 0.2) is 0 Å². The lowest BCUT2D eigenvalue weighted by atomic mass is 9.90. The SMILES string of the molecule is C.CC1(C=O)COC1.CC1(CO)COC1. The maximum absolute atomic E-state index is 10.0. The molecule has 0 aromatic heterocycles. The van der Waals surface area contributed by atoms with Crippen LogP contribution in [0, 0.1) is 10.8 Å². The number of rotatable bonds is 2. The minimum Gasteiger partial charge on any atom is -0.396 e. The largest absolute Gasteiger partial charge is 0.396 e. The van der Waals surface area contributed by atoms with Crippen molar-refractivity contribution in [1.82, 2.24) is 0 Å². The lowest BCUT2D eigenvalue weighted by molar-refractivity contribution is -0.141. The number of hydrogen-bond donors (Lipinski definition) is 1. The van der Waals surface area contributed by atoms with Gasteiger partial charge in [-0.05, 0) is 6.92 Å². The van der Waals surface area contributed by atoms with Crippen molar-refractivity contribution in [3.05, 3.63) is 0 Å². The Kier molecular flexibility index (Phi) is 5.42. The first-order valence-corrected chi connectivity index (χ1v) is 4.76. The summed E-state index contributed by atoms with van der Waals surface area (Å²) in [6, 6.07) is 0. The second-order valence-corrected chi connectivity index (χ2v) is 4.73. The highest BCUT2D eigenvalue weighted by atomic mass is 16.5. The molecular weight excluding hydrogens is 196 g/mol. The molecule has 0 aromatic rings. The van der Waals surface area contributed by atoms with Crippen molar-refractivity contribution < 1.29 is 19.4 Å². The zero-order chi connectivity index (χ0) is 10.7. The molecule has 90 valence electrons. The van der Waals surface area contributed by atoms with Crippen LogP contribution in [-0.4, -0.2) is 44.4 Å². The highest BCUT2D eigenvalue weighted by Gasteiger charge is 2.32. The summed E-state index contributed by atoms with van der Waals surface area (Å²) in [4.78, 5) is 10.0. The minimum atomic E-state index is -0.139. The Hall–Kier alpha value is -0.450. The molecule has 0 unspecified atom stereocenters. The Morgan fingerprint density at radius 2 is 1.67 bits per heavy atom. The molecule has 0 radical (unpaired) electrons. The van der Waals surface area contributed by atoms with E-state index >= 15 is 0 Å². The van der Waals surface area contributed by atoms with E-state index in [0.29, 0.717) is 13.2 Å². The standard InChI is InChI=1S/C5H10O2.C5H8O2.CH4/c2*1-5(2-6)3-7-4-5;/h6H,2-4H2,1H3;2H,3-4H2,1H3;1H4. The first-order chi connectivity index (χ1) is 6.54. The van der Waals surface area contributed by atoms with Gasteiger partial charge in [0.05, 0.1) is 38.4 Å². The number of carbonyl (C=O) groups is 1. The van der Waals surface area contributed by atoms with Crippen LogP contribution >= 0.6 is 0 Å². The fourth-order valence-corrected chi connectivity index (χ4v) is 1.03. The molecule has 2 aliphatic heterocycles. The number of aliphatic hydroxyl groups excluding tert-OH is 1. The van der Waals surface area contributed by atoms with Gasteiger partial charge in [0, 0.05) is 5.41 Å². The zero-order valence-corrected chi connectivity index (χ0v) is 8.78. The van der Waals surface area contributed by atoms with E-state index in [9.17, 15) is 4.79 Å². The topological polar surface area (TPSA) is 55.8 Å². The number of hydrogen-bond acceptors (Lipinski definition) is 4. The van der Waals surface area contributed by atoms with Crippen LogP contribution < -0.4 is 0 Å². The van der Waals surface area contributed by atoms with Gasteiger partial charge in [0.1, 0.15) is 6.29 Å². The van der Waals surface area contributed by atoms with Gasteiger partial charge >= 0.3 is 0 Å². The summed E-state index contributed by atoms with van der Waals surface area (Å²) < 4.78 is 9.67. The molecule has 1 N–H and O–H groups in total. The molecule has 0 bridgehead atoms. The fraction of sp³-hybridized carbons (Fsp3) is 0.909. The summed E-state index contributed by atoms with van der Waals surface area (Å²) >= 11 is 0. The van der Waals surface area contributed by atoms with Gasteiger partial charge < -0.3 is 19.4 Å². The number of aldehydes is 1. The second kappa shape index (κ2) is 5.58. The fourth-order valence-electron chi connectivity index (χ4n) is 1.03. The van der Waals surface area contributed by atoms with Crippen molar-refractivity contribution in [3.8, 4) is 0 Å². The molecule has 0 aliphatic carbocycles. The van der Waals surface area contributed by atoms with Crippen LogP contribution in [0.2, 0.25) is 0 Å². The van der Waals surface area contributed by atoms with Crippen LogP contribution in [0.5, 0.6) is 0 Å². The predicted octanol–water partition coefficient (Wildman–Crippen LogP) is 0.873. The van der Waals surface area contributed by atoms with E-state index in [-0.39, 0.29) is 24.9 Å². The summed E-state index contributed by atoms with van der Waals surface area (Å²) in [5.74, 6) is 0. The molecular formula is C11H22O4. The second-order valence-electron chi connectivity index (χ2n) is 4.73. The highest BCUT2D eigenvalue weighted by Crippen LogP contribution is 2.24. The summed E-state index contributed by atoms with van der Waals surface area (Å²) in [5.41, 5.74) is -0.0417. The normalized spacial score (nSPS) is 24.5. The van der Waals surface area contributed by atoms with Gasteiger partial charge in [0.2, 0.25) is 0 Å². The Morgan fingerprint density at radius 3 is 1.67 bits per heavy atom. The summed E-state index contributed by atoms with van der Waals surface area (Å²) in [6.45, 7) is 6.83. The average molecular weight is 218 g/mol. The highest BCUT2D eigenvalue weighted by molar-refractivity contribution is 5.60. The van der Waals surface area contributed by atoms with Crippen molar-refractivity contribution in [2.45, 2.75) is 21.3 Å². The summed E-state index contributed by atoms with van der Waals surface area (Å²) in [6.07, 6.45) is 0.955. The van der Waals surface area contributed by atoms with Gasteiger partial charge in [-0.15, -0.1) is 0 Å². The third-order valence-electron chi connectivity index (χ3n) is 2.43. The van der Waals surface area contributed by atoms with E-state index in [2.05, 4.69) is 0 Å². The molecule has 0 aromatic carbocycles. The van der Waals surface area contributed by atoms with E-state index in [1.54, 1.807) is 0 Å². The number of aliphatic hydroxyl groups is 1. The van der Waals surface area contributed by atoms with Crippen molar-refractivity contribution in [2.24, 2.45) is 10.8 Å². The number of ether oxygens (including phenoxy) is 2. The summed E-state index contributed by atoms with van der Waals surface area (Å²) in [7, 11) is 0. The molecule has 2 saturated heterocycles. The van der Waals surface area contributed by atoms with Crippen LogP contribution in [0.1, 0.15) is 21.3 Å². The van der Waals surface area contributed by atoms with Gasteiger partial charge in [-0.1, -0.05) is 14.4 Å². The van der Waals surface area contributed by atoms with Crippen molar-refractivity contribution in [1.29, 1.82) is 0 Å². The molecule has 2 rings (SSSR count). The van der Waals surface area contributed by atoms with Crippen molar-refractivity contribution in [2.75, 3.05) is 33.0 Å². The molecule has 2 fully saturated rings. The monoisotopic (exact) mass is 218 g/mol. The molecule has 0 saturated carbocycles. The number of carbonyl (C=O) groups excluding carboxylic acids is 1. The van der Waals surface area contributed by atoms with Gasteiger partial charge in [-0.2, -0.15) is 0 Å². The average Bonchev–Trinajstić information content (AvgIpc) is 2.11. The van der Waals surface area contributed by atoms with Gasteiger partial charge in [-0.3, -0.25) is 0 Å². The lowest BCUT2D eigenvalue weighted by Crippen LogP contribution is -2.42. The van der Waals surface area contributed by atoms with Crippen LogP contribution in [0.4, 0.5) is 0 Å². The van der Waals surface area contributed by atoms with E-state index in [1.807, 2.05) is 13.8 Å². The minimum absolute atomic E-state index is 0. The van der Waals surface area contributed by atoms with Gasteiger partial charge in [0.25, 0.3) is 0 Å². The molecule has 0 atom stereocenters. The first kappa shape index (κ1) is 14.6. The van der Waals surface area contributed by atoms with Crippen LogP contribution in [-0.2, 0) is 14.3 Å². The van der Waals surface area contributed by atoms with Gasteiger partial charge in [-0.25, -0.2) is 0 Å². The molecule has 15 heavy (non-hydrogen) atoms. The lowest BCUT2D eigenvalue weighted by Gasteiger charge is -2.35. The zero-order valence-electron chi connectivity index (χ0n) is 8.78. The van der Waals surface area contributed by atoms with E-state index in [4.69, 9.17) is 14.6 Å². The maximum Gasteiger partial charge on any atom is 0.130 e. The quantitative estimate of drug-likeness (QED) is 0.699. The van der Waals surface area contributed by atoms with E-state index < -0.39 is 0 Å². The molecule has 4 heteroatoms. The Balaban J connectivity index is 0.000000245. The molecule has 2 aliphatic rings. The molecule has 0 spiro atoms. The predicted molar refractivity (Wildman–Crippen MR) is 57.7 cm³/mol. The van der Waals surface area contributed by atoms with E-state index in [0.717, 1.165) is 19.5 Å². The summed E-state index contributed by atoms with van der Waals surface area (Å²) in [5, 5.41) is 8.57. The molecule has 4 nitrogen and oxygen atoms in total. The van der Waals surface area contributed by atoms with Crippen LogP contribution in [0.3, 0.4) is 0 Å².